The van der Waals surface area contributed by atoms with Crippen LogP contribution >= 0.6 is 0 Å². The second-order valence-electron chi connectivity index (χ2n) is 3.52. The van der Waals surface area contributed by atoms with E-state index in [2.05, 4.69) is 0 Å². The fourth-order valence-electron chi connectivity index (χ4n) is 1.70. The Bertz CT molecular complexity index is 352. The first-order chi connectivity index (χ1) is 6.72. The molecule has 1 unspecified atom stereocenters. The van der Waals surface area contributed by atoms with Crippen molar-refractivity contribution in [2.45, 2.75) is 6.10 Å². The van der Waals surface area contributed by atoms with Crippen LogP contribution in [0.1, 0.15) is 0 Å². The Hall–Kier alpha value is -1.35. The van der Waals surface area contributed by atoms with E-state index in [4.69, 9.17) is 4.74 Å². The normalized spacial score (nSPS) is 25.7. The molecule has 0 spiro atoms. The summed E-state index contributed by atoms with van der Waals surface area (Å²) >= 11 is 0. The SMILES string of the molecule is COC1C=CC2=C(C=C1)C(=O)N(C)C2. The number of ether oxygens (including phenoxy) is 1. The smallest absolute Gasteiger partial charge is 0.254 e. The molecule has 2 rings (SSSR count). The highest BCUT2D eigenvalue weighted by molar-refractivity contribution is 6.00. The van der Waals surface area contributed by atoms with Gasteiger partial charge in [-0.05, 0) is 5.57 Å². The maximum Gasteiger partial charge on any atom is 0.254 e. The van der Waals surface area contributed by atoms with Crippen LogP contribution in [0.15, 0.2) is 35.5 Å². The predicted octanol–water partition coefficient (Wildman–Crippen LogP) is 0.896. The number of hydrogen-bond acceptors (Lipinski definition) is 2. The second-order valence-corrected chi connectivity index (χ2v) is 3.52. The summed E-state index contributed by atoms with van der Waals surface area (Å²) in [5.74, 6) is 0.0950. The standard InChI is InChI=1S/C11H13NO2/c1-12-7-8-3-4-9(14-2)5-6-10(8)11(12)13/h3-6,9H,7H2,1-2H3. The Morgan fingerprint density at radius 2 is 2.14 bits per heavy atom. The average molecular weight is 191 g/mol. The van der Waals surface area contributed by atoms with Crippen LogP contribution in [-0.4, -0.2) is 37.6 Å². The van der Waals surface area contributed by atoms with Crippen molar-refractivity contribution < 1.29 is 9.53 Å². The number of nitrogens with zero attached hydrogens (tertiary/aromatic N) is 1. The topological polar surface area (TPSA) is 29.5 Å². The van der Waals surface area contributed by atoms with Crippen molar-refractivity contribution in [3.63, 3.8) is 0 Å². The van der Waals surface area contributed by atoms with Gasteiger partial charge in [0.15, 0.2) is 0 Å². The van der Waals surface area contributed by atoms with Crippen LogP contribution in [0.4, 0.5) is 0 Å². The fourth-order valence-corrected chi connectivity index (χ4v) is 1.70. The van der Waals surface area contributed by atoms with Crippen molar-refractivity contribution in [2.24, 2.45) is 0 Å². The summed E-state index contributed by atoms with van der Waals surface area (Å²) in [7, 11) is 3.47. The van der Waals surface area contributed by atoms with E-state index < -0.39 is 0 Å². The molecule has 0 bridgehead atoms. The van der Waals surface area contributed by atoms with E-state index >= 15 is 0 Å². The van der Waals surface area contributed by atoms with E-state index in [-0.39, 0.29) is 12.0 Å². The molecular weight excluding hydrogens is 178 g/mol. The predicted molar refractivity (Wildman–Crippen MR) is 53.7 cm³/mol. The molecule has 0 saturated heterocycles. The summed E-state index contributed by atoms with van der Waals surface area (Å²) in [4.78, 5) is 13.3. The van der Waals surface area contributed by atoms with Crippen LogP contribution in [0.25, 0.3) is 0 Å². The zero-order valence-electron chi connectivity index (χ0n) is 8.36. The van der Waals surface area contributed by atoms with Crippen LogP contribution < -0.4 is 0 Å². The van der Waals surface area contributed by atoms with E-state index in [1.807, 2.05) is 31.4 Å². The molecule has 0 fully saturated rings. The highest BCUT2D eigenvalue weighted by atomic mass is 16.5. The van der Waals surface area contributed by atoms with Crippen LogP contribution in [0, 0.1) is 0 Å². The molecule has 1 atom stereocenters. The van der Waals surface area contributed by atoms with Crippen molar-refractivity contribution in [1.29, 1.82) is 0 Å². The van der Waals surface area contributed by atoms with Crippen LogP contribution in [0.5, 0.6) is 0 Å². The van der Waals surface area contributed by atoms with Gasteiger partial charge < -0.3 is 9.64 Å². The van der Waals surface area contributed by atoms with Crippen LogP contribution in [0.3, 0.4) is 0 Å². The molecule has 3 nitrogen and oxygen atoms in total. The summed E-state index contributed by atoms with van der Waals surface area (Å²) in [6.07, 6.45) is 7.68. The molecule has 1 heterocycles. The molecule has 3 heteroatoms. The Labute approximate surface area is 83.3 Å². The van der Waals surface area contributed by atoms with E-state index in [1.54, 1.807) is 12.0 Å². The van der Waals surface area contributed by atoms with E-state index in [0.717, 1.165) is 11.1 Å². The highest BCUT2D eigenvalue weighted by Crippen LogP contribution is 2.22. The lowest BCUT2D eigenvalue weighted by Gasteiger charge is -2.08. The van der Waals surface area contributed by atoms with Gasteiger partial charge in [0.25, 0.3) is 5.91 Å². The molecule has 0 aromatic heterocycles. The third-order valence-corrected chi connectivity index (χ3v) is 2.54. The van der Waals surface area contributed by atoms with Crippen LogP contribution in [0.2, 0.25) is 0 Å². The monoisotopic (exact) mass is 191 g/mol. The van der Waals surface area contributed by atoms with Crippen LogP contribution in [-0.2, 0) is 9.53 Å². The molecule has 0 N–H and O–H groups in total. The number of rotatable bonds is 1. The molecule has 1 amide bonds. The maximum absolute atomic E-state index is 11.6. The number of carbonyl (C=O) groups excluding carboxylic acids is 1. The largest absolute Gasteiger partial charge is 0.373 e. The van der Waals surface area contributed by atoms with Gasteiger partial charge in [0, 0.05) is 26.3 Å². The van der Waals surface area contributed by atoms with Gasteiger partial charge in [0.1, 0.15) is 0 Å². The first-order valence-electron chi connectivity index (χ1n) is 4.60. The van der Waals surface area contributed by atoms with Gasteiger partial charge in [0.05, 0.1) is 6.10 Å². The van der Waals surface area contributed by atoms with Crippen molar-refractivity contribution in [2.75, 3.05) is 20.7 Å². The summed E-state index contributed by atoms with van der Waals surface area (Å²) in [6.45, 7) is 0.700. The summed E-state index contributed by atoms with van der Waals surface area (Å²) in [5, 5.41) is 0. The van der Waals surface area contributed by atoms with Gasteiger partial charge in [0.2, 0.25) is 0 Å². The summed E-state index contributed by atoms with van der Waals surface area (Å²) in [5.41, 5.74) is 1.87. The lowest BCUT2D eigenvalue weighted by atomic mass is 10.1. The minimum Gasteiger partial charge on any atom is -0.373 e. The van der Waals surface area contributed by atoms with Crippen molar-refractivity contribution in [3.05, 3.63) is 35.5 Å². The minimum absolute atomic E-state index is 0.0151. The van der Waals surface area contributed by atoms with Crippen molar-refractivity contribution in [1.82, 2.24) is 4.90 Å². The molecule has 0 aromatic rings. The first-order valence-corrected chi connectivity index (χ1v) is 4.60. The minimum atomic E-state index is -0.0151. The lowest BCUT2D eigenvalue weighted by molar-refractivity contribution is -0.124. The fraction of sp³-hybridized carbons (Fsp3) is 0.364. The lowest BCUT2D eigenvalue weighted by Crippen LogP contribution is -2.21. The molecule has 0 saturated carbocycles. The number of amides is 1. The molecule has 0 aromatic carbocycles. The molecule has 14 heavy (non-hydrogen) atoms. The zero-order chi connectivity index (χ0) is 10.1. The van der Waals surface area contributed by atoms with E-state index in [9.17, 15) is 4.79 Å². The van der Waals surface area contributed by atoms with Gasteiger partial charge in [-0.1, -0.05) is 24.3 Å². The third kappa shape index (κ3) is 1.40. The molecular formula is C11H13NO2. The molecule has 1 aliphatic heterocycles. The zero-order valence-corrected chi connectivity index (χ0v) is 8.36. The Morgan fingerprint density at radius 3 is 2.86 bits per heavy atom. The molecule has 1 aliphatic carbocycles. The number of methoxy groups -OCH3 is 1. The van der Waals surface area contributed by atoms with E-state index in [0.29, 0.717) is 6.54 Å². The average Bonchev–Trinajstić information content (AvgIpc) is 2.40. The van der Waals surface area contributed by atoms with Gasteiger partial charge in [-0.2, -0.15) is 0 Å². The third-order valence-electron chi connectivity index (χ3n) is 2.54. The number of hydrogen-bond donors (Lipinski definition) is 0. The van der Waals surface area contributed by atoms with Crippen molar-refractivity contribution >= 4 is 5.91 Å². The second kappa shape index (κ2) is 3.42. The van der Waals surface area contributed by atoms with Gasteiger partial charge in [-0.3, -0.25) is 4.79 Å². The number of carbonyl (C=O) groups is 1. The molecule has 0 radical (unpaired) electrons. The van der Waals surface area contributed by atoms with Gasteiger partial charge >= 0.3 is 0 Å². The summed E-state index contributed by atoms with van der Waals surface area (Å²) in [6, 6.07) is 0. The Kier molecular flexibility index (Phi) is 2.25. The Balaban J connectivity index is 2.30. The molecule has 74 valence electrons. The number of likely N-dealkylation sites (N-methyl/N-ethyl adjacent to an activating group) is 1. The Morgan fingerprint density at radius 1 is 1.43 bits per heavy atom. The quantitative estimate of drug-likeness (QED) is 0.616. The first kappa shape index (κ1) is 9.21. The van der Waals surface area contributed by atoms with Gasteiger partial charge in [-0.15, -0.1) is 0 Å². The maximum atomic E-state index is 11.6. The van der Waals surface area contributed by atoms with Crippen molar-refractivity contribution in [3.8, 4) is 0 Å². The van der Waals surface area contributed by atoms with Gasteiger partial charge in [-0.25, -0.2) is 0 Å². The summed E-state index contributed by atoms with van der Waals surface area (Å²) < 4.78 is 5.17. The van der Waals surface area contributed by atoms with E-state index in [1.165, 1.54) is 0 Å². The molecule has 2 aliphatic rings. The highest BCUT2D eigenvalue weighted by Gasteiger charge is 2.25.